The zero-order valence-corrected chi connectivity index (χ0v) is 16.4. The van der Waals surface area contributed by atoms with Crippen molar-refractivity contribution in [3.8, 4) is 0 Å². The Morgan fingerprint density at radius 2 is 1.71 bits per heavy atom. The van der Waals surface area contributed by atoms with E-state index in [0.29, 0.717) is 0 Å². The van der Waals surface area contributed by atoms with Crippen LogP contribution in [-0.4, -0.2) is 21.1 Å². The lowest BCUT2D eigenvalue weighted by atomic mass is 9.58. The van der Waals surface area contributed by atoms with Crippen molar-refractivity contribution < 1.29 is 0 Å². The van der Waals surface area contributed by atoms with Crippen molar-refractivity contribution in [2.75, 3.05) is 9.80 Å². The summed E-state index contributed by atoms with van der Waals surface area (Å²) in [6, 6.07) is 12.7. The molecule has 4 heterocycles. The summed E-state index contributed by atoms with van der Waals surface area (Å²) in [4.78, 5) is 17.9. The highest BCUT2D eigenvalue weighted by atomic mass is 15.5. The summed E-state index contributed by atoms with van der Waals surface area (Å²) < 4.78 is 0. The fourth-order valence-electron chi connectivity index (χ4n) is 4.82. The van der Waals surface area contributed by atoms with Gasteiger partial charge in [-0.15, -0.1) is 6.58 Å². The SMILES string of the molecule is C=CC1(C)c2ccccc2N2c3cncnc3N(c3ccncc3)C2C1(C)C. The number of allylic oxidation sites excluding steroid dienone is 1. The normalized spacial score (nSPS) is 24.3. The van der Waals surface area contributed by atoms with Crippen molar-refractivity contribution in [3.63, 3.8) is 0 Å². The van der Waals surface area contributed by atoms with Gasteiger partial charge in [0.2, 0.25) is 0 Å². The molecule has 5 nitrogen and oxygen atoms in total. The van der Waals surface area contributed by atoms with Gasteiger partial charge in [0, 0.05) is 34.6 Å². The molecule has 0 saturated carbocycles. The molecule has 0 aliphatic carbocycles. The van der Waals surface area contributed by atoms with E-state index in [-0.39, 0.29) is 17.0 Å². The summed E-state index contributed by atoms with van der Waals surface area (Å²) in [7, 11) is 0. The summed E-state index contributed by atoms with van der Waals surface area (Å²) in [5, 5.41) is 0. The molecular formula is C23H23N5. The van der Waals surface area contributed by atoms with Crippen LogP contribution < -0.4 is 9.80 Å². The van der Waals surface area contributed by atoms with E-state index in [0.717, 1.165) is 17.2 Å². The quantitative estimate of drug-likeness (QED) is 0.597. The Balaban J connectivity index is 1.86. The third-order valence-electron chi connectivity index (χ3n) is 6.71. The number of rotatable bonds is 2. The molecule has 2 aliphatic heterocycles. The topological polar surface area (TPSA) is 45.2 Å². The largest absolute Gasteiger partial charge is 0.315 e. The standard InChI is InChI=1S/C23H23N5/c1-5-23(4)17-8-6-7-9-18(17)28-19-14-25-15-26-20(19)27(21(28)22(23,2)3)16-10-12-24-13-11-16/h5-15,21H,1H2,2-4H3. The molecule has 28 heavy (non-hydrogen) atoms. The van der Waals surface area contributed by atoms with Crippen molar-refractivity contribution >= 4 is 22.9 Å². The minimum absolute atomic E-state index is 0.0273. The van der Waals surface area contributed by atoms with E-state index in [1.54, 1.807) is 6.33 Å². The lowest BCUT2D eigenvalue weighted by Gasteiger charge is -2.56. The Morgan fingerprint density at radius 3 is 2.46 bits per heavy atom. The highest BCUT2D eigenvalue weighted by molar-refractivity contribution is 5.88. The summed E-state index contributed by atoms with van der Waals surface area (Å²) >= 11 is 0. The molecule has 2 aliphatic rings. The third kappa shape index (κ3) is 1.93. The predicted molar refractivity (Wildman–Crippen MR) is 112 cm³/mol. The number of benzene rings is 1. The van der Waals surface area contributed by atoms with Crippen LogP contribution in [0.25, 0.3) is 0 Å². The van der Waals surface area contributed by atoms with Gasteiger partial charge in [0.25, 0.3) is 0 Å². The van der Waals surface area contributed by atoms with E-state index < -0.39 is 0 Å². The zero-order valence-electron chi connectivity index (χ0n) is 16.4. The fraction of sp³-hybridized carbons (Fsp3) is 0.261. The number of nitrogens with zero attached hydrogens (tertiary/aromatic N) is 5. The van der Waals surface area contributed by atoms with Crippen LogP contribution in [-0.2, 0) is 5.41 Å². The van der Waals surface area contributed by atoms with Crippen LogP contribution in [0.4, 0.5) is 22.9 Å². The zero-order chi connectivity index (χ0) is 19.5. The van der Waals surface area contributed by atoms with Crippen molar-refractivity contribution in [1.29, 1.82) is 0 Å². The molecule has 3 aromatic rings. The highest BCUT2D eigenvalue weighted by Gasteiger charge is 2.59. The van der Waals surface area contributed by atoms with Gasteiger partial charge in [0.05, 0.1) is 6.20 Å². The molecule has 0 bridgehead atoms. The summed E-state index contributed by atoms with van der Waals surface area (Å²) in [5.74, 6) is 0.919. The summed E-state index contributed by atoms with van der Waals surface area (Å²) in [6.45, 7) is 11.2. The fourth-order valence-corrected chi connectivity index (χ4v) is 4.82. The molecule has 5 rings (SSSR count). The number of hydrogen-bond donors (Lipinski definition) is 0. The van der Waals surface area contributed by atoms with Gasteiger partial charge in [-0.3, -0.25) is 4.98 Å². The smallest absolute Gasteiger partial charge is 0.162 e. The maximum absolute atomic E-state index is 4.68. The van der Waals surface area contributed by atoms with Gasteiger partial charge in [-0.05, 0) is 23.8 Å². The Kier molecular flexibility index (Phi) is 3.41. The van der Waals surface area contributed by atoms with E-state index in [9.17, 15) is 0 Å². The molecule has 0 spiro atoms. The molecule has 1 aromatic carbocycles. The monoisotopic (exact) mass is 369 g/mol. The molecule has 2 aromatic heterocycles. The molecule has 2 unspecified atom stereocenters. The number of aromatic nitrogens is 3. The Labute approximate surface area is 165 Å². The van der Waals surface area contributed by atoms with Crippen LogP contribution in [0.1, 0.15) is 26.3 Å². The molecule has 0 amide bonds. The second kappa shape index (κ2) is 5.64. The third-order valence-corrected chi connectivity index (χ3v) is 6.71. The lowest BCUT2D eigenvalue weighted by Crippen LogP contribution is -2.60. The summed E-state index contributed by atoms with van der Waals surface area (Å²) in [5.41, 5.74) is 4.16. The van der Waals surface area contributed by atoms with E-state index in [1.165, 1.54) is 11.3 Å². The van der Waals surface area contributed by atoms with Crippen molar-refractivity contribution in [2.45, 2.75) is 32.4 Å². The molecular weight excluding hydrogens is 346 g/mol. The molecule has 5 heteroatoms. The molecule has 0 fully saturated rings. The van der Waals surface area contributed by atoms with Crippen molar-refractivity contribution in [1.82, 2.24) is 15.0 Å². The first-order valence-corrected chi connectivity index (χ1v) is 9.52. The second-order valence-corrected chi connectivity index (χ2v) is 8.20. The molecule has 0 saturated heterocycles. The van der Waals surface area contributed by atoms with Crippen LogP contribution in [0, 0.1) is 5.41 Å². The van der Waals surface area contributed by atoms with Gasteiger partial charge in [-0.1, -0.05) is 45.0 Å². The number of anilines is 4. The first-order valence-electron chi connectivity index (χ1n) is 9.52. The second-order valence-electron chi connectivity index (χ2n) is 8.20. The molecule has 0 N–H and O–H groups in total. The predicted octanol–water partition coefficient (Wildman–Crippen LogP) is 4.97. The molecule has 140 valence electrons. The van der Waals surface area contributed by atoms with Gasteiger partial charge in [0.1, 0.15) is 18.2 Å². The van der Waals surface area contributed by atoms with Gasteiger partial charge in [0.15, 0.2) is 5.82 Å². The minimum Gasteiger partial charge on any atom is -0.315 e. The molecule has 0 radical (unpaired) electrons. The van der Waals surface area contributed by atoms with E-state index in [1.807, 2.05) is 30.7 Å². The average molecular weight is 369 g/mol. The van der Waals surface area contributed by atoms with Crippen molar-refractivity contribution in [2.24, 2.45) is 5.41 Å². The van der Waals surface area contributed by atoms with Gasteiger partial charge in [-0.25, -0.2) is 9.97 Å². The number of fused-ring (bicyclic) bond motifs is 5. The first-order chi connectivity index (χ1) is 13.5. The van der Waals surface area contributed by atoms with Gasteiger partial charge in [-0.2, -0.15) is 0 Å². The average Bonchev–Trinajstić information content (AvgIpc) is 3.09. The van der Waals surface area contributed by atoms with Crippen LogP contribution in [0.3, 0.4) is 0 Å². The van der Waals surface area contributed by atoms with Gasteiger partial charge >= 0.3 is 0 Å². The maximum Gasteiger partial charge on any atom is 0.162 e. The maximum atomic E-state index is 4.68. The Morgan fingerprint density at radius 1 is 0.964 bits per heavy atom. The van der Waals surface area contributed by atoms with E-state index in [2.05, 4.69) is 82.4 Å². The lowest BCUT2D eigenvalue weighted by molar-refractivity contribution is 0.171. The highest BCUT2D eigenvalue weighted by Crippen LogP contribution is 2.61. The van der Waals surface area contributed by atoms with Gasteiger partial charge < -0.3 is 9.80 Å². The first kappa shape index (κ1) is 16.9. The minimum atomic E-state index is -0.217. The Bertz CT molecular complexity index is 1060. The number of hydrogen-bond acceptors (Lipinski definition) is 5. The van der Waals surface area contributed by atoms with E-state index in [4.69, 9.17) is 0 Å². The summed E-state index contributed by atoms with van der Waals surface area (Å²) in [6.07, 6.45) is 9.32. The molecule has 2 atom stereocenters. The van der Waals surface area contributed by atoms with Crippen LogP contribution in [0.15, 0.2) is 74.0 Å². The number of para-hydroxylation sites is 1. The van der Waals surface area contributed by atoms with Crippen LogP contribution in [0.2, 0.25) is 0 Å². The van der Waals surface area contributed by atoms with Crippen LogP contribution in [0.5, 0.6) is 0 Å². The van der Waals surface area contributed by atoms with E-state index >= 15 is 0 Å². The number of pyridine rings is 1. The van der Waals surface area contributed by atoms with Crippen LogP contribution >= 0.6 is 0 Å². The Hall–Kier alpha value is -3.21. The van der Waals surface area contributed by atoms with Crippen molar-refractivity contribution in [3.05, 3.63) is 79.5 Å².